The van der Waals surface area contributed by atoms with Crippen LogP contribution in [0.2, 0.25) is 0 Å². The summed E-state index contributed by atoms with van der Waals surface area (Å²) in [7, 11) is 1.85. The lowest BCUT2D eigenvalue weighted by atomic mass is 9.96. The number of anilines is 1. The average Bonchev–Trinajstić information content (AvgIpc) is 2.44. The molecule has 1 N–H and O–H groups in total. The molecule has 0 bridgehead atoms. The largest absolute Gasteiger partial charge is 0.388 e. The summed E-state index contributed by atoms with van der Waals surface area (Å²) >= 11 is 0. The summed E-state index contributed by atoms with van der Waals surface area (Å²) < 4.78 is 0. The van der Waals surface area contributed by atoms with Gasteiger partial charge in [-0.05, 0) is 38.0 Å². The van der Waals surface area contributed by atoms with Crippen molar-refractivity contribution in [2.45, 2.75) is 38.8 Å². The van der Waals surface area contributed by atoms with Gasteiger partial charge in [0.25, 0.3) is 0 Å². The van der Waals surface area contributed by atoms with Crippen LogP contribution in [-0.2, 0) is 4.79 Å². The highest BCUT2D eigenvalue weighted by atomic mass is 16.3. The van der Waals surface area contributed by atoms with E-state index in [1.165, 1.54) is 0 Å². The molecule has 1 aliphatic heterocycles. The third kappa shape index (κ3) is 2.52. The van der Waals surface area contributed by atoms with Gasteiger partial charge >= 0.3 is 0 Å². The first-order valence-electron chi connectivity index (χ1n) is 7.19. The Morgan fingerprint density at radius 3 is 2.40 bits per heavy atom. The molecule has 4 heteroatoms. The van der Waals surface area contributed by atoms with Gasteiger partial charge < -0.3 is 14.9 Å². The van der Waals surface area contributed by atoms with Gasteiger partial charge in [0.1, 0.15) is 5.54 Å². The third-order valence-electron chi connectivity index (χ3n) is 4.18. The minimum Gasteiger partial charge on any atom is -0.388 e. The smallest absolute Gasteiger partial charge is 0.247 e. The van der Waals surface area contributed by atoms with Gasteiger partial charge in [-0.2, -0.15) is 0 Å². The van der Waals surface area contributed by atoms with Crippen LogP contribution in [0.3, 0.4) is 0 Å². The van der Waals surface area contributed by atoms with E-state index in [1.807, 2.05) is 52.1 Å². The zero-order chi connectivity index (χ0) is 14.9. The van der Waals surface area contributed by atoms with E-state index in [0.29, 0.717) is 6.42 Å². The number of aliphatic hydroxyl groups is 1. The molecular formula is C16H24N2O2. The van der Waals surface area contributed by atoms with Gasteiger partial charge in [-0.3, -0.25) is 4.79 Å². The number of hydrogen-bond acceptors (Lipinski definition) is 3. The Morgan fingerprint density at radius 1 is 1.25 bits per heavy atom. The van der Waals surface area contributed by atoms with Crippen molar-refractivity contribution < 1.29 is 9.90 Å². The summed E-state index contributed by atoms with van der Waals surface area (Å²) in [5.41, 5.74) is 1.43. The second-order valence-electron chi connectivity index (χ2n) is 5.95. The molecule has 2 rings (SSSR count). The van der Waals surface area contributed by atoms with Crippen molar-refractivity contribution in [3.8, 4) is 0 Å². The molecule has 0 radical (unpaired) electrons. The minimum absolute atomic E-state index is 0.140. The number of carbonyl (C=O) groups excluding carboxylic acids is 1. The Bertz CT molecular complexity index is 482. The maximum Gasteiger partial charge on any atom is 0.247 e. The van der Waals surface area contributed by atoms with Crippen LogP contribution in [0.15, 0.2) is 24.3 Å². The lowest BCUT2D eigenvalue weighted by Gasteiger charge is -2.46. The monoisotopic (exact) mass is 276 g/mol. The Kier molecular flexibility index (Phi) is 4.04. The number of amides is 1. The number of hydrogen-bond donors (Lipinski definition) is 1. The average molecular weight is 276 g/mol. The molecule has 0 saturated carbocycles. The van der Waals surface area contributed by atoms with Crippen molar-refractivity contribution in [2.75, 3.05) is 25.0 Å². The summed E-state index contributed by atoms with van der Waals surface area (Å²) in [6.07, 6.45) is 0.295. The first-order valence-corrected chi connectivity index (χ1v) is 7.19. The molecule has 1 aromatic rings. The highest BCUT2D eigenvalue weighted by Crippen LogP contribution is 2.29. The molecule has 1 heterocycles. The van der Waals surface area contributed by atoms with Crippen molar-refractivity contribution in [1.29, 1.82) is 0 Å². The summed E-state index contributed by atoms with van der Waals surface area (Å²) in [6, 6.07) is 7.88. The molecule has 20 heavy (non-hydrogen) atoms. The van der Waals surface area contributed by atoms with Gasteiger partial charge in [0, 0.05) is 25.8 Å². The normalized spacial score (nSPS) is 20.1. The van der Waals surface area contributed by atoms with Crippen LogP contribution in [0.1, 0.15) is 38.9 Å². The van der Waals surface area contributed by atoms with Crippen molar-refractivity contribution in [3.05, 3.63) is 29.8 Å². The number of likely N-dealkylation sites (N-methyl/N-ethyl adjacent to an activating group) is 1. The molecule has 0 spiro atoms. The summed E-state index contributed by atoms with van der Waals surface area (Å²) in [5.74, 6) is 0.140. The molecular weight excluding hydrogens is 252 g/mol. The van der Waals surface area contributed by atoms with Gasteiger partial charge in [-0.1, -0.05) is 19.1 Å². The van der Waals surface area contributed by atoms with Crippen LogP contribution in [0, 0.1) is 0 Å². The van der Waals surface area contributed by atoms with Crippen LogP contribution in [-0.4, -0.2) is 41.6 Å². The zero-order valence-electron chi connectivity index (χ0n) is 12.8. The Labute approximate surface area is 121 Å². The van der Waals surface area contributed by atoms with Gasteiger partial charge in [-0.25, -0.2) is 0 Å². The van der Waals surface area contributed by atoms with Crippen LogP contribution in [0.5, 0.6) is 0 Å². The molecule has 1 unspecified atom stereocenters. The van der Waals surface area contributed by atoms with E-state index >= 15 is 0 Å². The van der Waals surface area contributed by atoms with Gasteiger partial charge in [0.05, 0.1) is 6.10 Å². The molecule has 4 nitrogen and oxygen atoms in total. The fraction of sp³-hybridized carbons (Fsp3) is 0.562. The predicted molar refractivity (Wildman–Crippen MR) is 80.8 cm³/mol. The topological polar surface area (TPSA) is 43.8 Å². The molecule has 1 fully saturated rings. The van der Waals surface area contributed by atoms with Crippen LogP contribution < -0.4 is 4.90 Å². The van der Waals surface area contributed by atoms with Crippen LogP contribution in [0.25, 0.3) is 0 Å². The lowest BCUT2D eigenvalue weighted by molar-refractivity contribution is -0.136. The SMILES string of the molecule is CCC(O)c1ccc(N2CCN(C)C(=O)C2(C)C)cc1. The van der Waals surface area contributed by atoms with Gasteiger partial charge in [0.2, 0.25) is 5.91 Å². The summed E-state index contributed by atoms with van der Waals surface area (Å²) in [5, 5.41) is 9.84. The number of piperazine rings is 1. The van der Waals surface area contributed by atoms with Crippen molar-refractivity contribution >= 4 is 11.6 Å². The molecule has 1 aliphatic rings. The predicted octanol–water partition coefficient (Wildman–Crippen LogP) is 2.19. The van der Waals surface area contributed by atoms with E-state index in [-0.39, 0.29) is 5.91 Å². The zero-order valence-corrected chi connectivity index (χ0v) is 12.8. The van der Waals surface area contributed by atoms with Crippen molar-refractivity contribution in [2.24, 2.45) is 0 Å². The highest BCUT2D eigenvalue weighted by molar-refractivity contribution is 5.90. The second kappa shape index (κ2) is 5.44. The Hall–Kier alpha value is -1.55. The molecule has 1 amide bonds. The Morgan fingerprint density at radius 2 is 1.85 bits per heavy atom. The number of nitrogens with zero attached hydrogens (tertiary/aromatic N) is 2. The molecule has 0 aromatic heterocycles. The van der Waals surface area contributed by atoms with E-state index in [9.17, 15) is 9.90 Å². The number of rotatable bonds is 3. The van der Waals surface area contributed by atoms with Crippen molar-refractivity contribution in [1.82, 2.24) is 4.90 Å². The Balaban J connectivity index is 2.25. The highest BCUT2D eigenvalue weighted by Gasteiger charge is 2.40. The number of aliphatic hydroxyl groups excluding tert-OH is 1. The number of benzene rings is 1. The first kappa shape index (κ1) is 14.9. The van der Waals surface area contributed by atoms with Crippen molar-refractivity contribution in [3.63, 3.8) is 0 Å². The number of carbonyl (C=O) groups is 1. The van der Waals surface area contributed by atoms with Gasteiger partial charge in [-0.15, -0.1) is 0 Å². The maximum atomic E-state index is 12.3. The van der Waals surface area contributed by atoms with E-state index in [1.54, 1.807) is 4.90 Å². The lowest BCUT2D eigenvalue weighted by Crippen LogP contribution is -2.62. The fourth-order valence-electron chi connectivity index (χ4n) is 2.78. The van der Waals surface area contributed by atoms with Crippen LogP contribution >= 0.6 is 0 Å². The first-order chi connectivity index (χ1) is 9.37. The van der Waals surface area contributed by atoms with Gasteiger partial charge in [0.15, 0.2) is 0 Å². The quantitative estimate of drug-likeness (QED) is 0.920. The van der Waals surface area contributed by atoms with E-state index in [4.69, 9.17) is 0 Å². The standard InChI is InChI=1S/C16H24N2O2/c1-5-14(19)12-6-8-13(9-7-12)18-11-10-17(4)15(20)16(18,2)3/h6-9,14,19H,5,10-11H2,1-4H3. The van der Waals surface area contributed by atoms with E-state index in [0.717, 1.165) is 24.3 Å². The summed E-state index contributed by atoms with van der Waals surface area (Å²) in [4.78, 5) is 16.2. The molecule has 1 atom stereocenters. The third-order valence-corrected chi connectivity index (χ3v) is 4.18. The minimum atomic E-state index is -0.530. The molecule has 110 valence electrons. The molecule has 0 aliphatic carbocycles. The maximum absolute atomic E-state index is 12.3. The second-order valence-corrected chi connectivity index (χ2v) is 5.95. The molecule has 1 saturated heterocycles. The molecule has 1 aromatic carbocycles. The summed E-state index contributed by atoms with van der Waals surface area (Å²) in [6.45, 7) is 7.44. The van der Waals surface area contributed by atoms with E-state index in [2.05, 4.69) is 4.90 Å². The van der Waals surface area contributed by atoms with Crippen LogP contribution in [0.4, 0.5) is 5.69 Å². The van der Waals surface area contributed by atoms with E-state index < -0.39 is 11.6 Å². The fourth-order valence-corrected chi connectivity index (χ4v) is 2.78.